The summed E-state index contributed by atoms with van der Waals surface area (Å²) in [5.41, 5.74) is 0. The van der Waals surface area contributed by atoms with Crippen LogP contribution in [0.1, 0.15) is 26.1 Å². The van der Waals surface area contributed by atoms with Gasteiger partial charge in [-0.2, -0.15) is 5.10 Å². The predicted molar refractivity (Wildman–Crippen MR) is 61.2 cm³/mol. The second-order valence-corrected chi connectivity index (χ2v) is 4.32. The second kappa shape index (κ2) is 5.41. The minimum atomic E-state index is 0.398. The van der Waals surface area contributed by atoms with Gasteiger partial charge in [0, 0.05) is 25.1 Å². The Hall–Kier alpha value is -0.940. The molecule has 1 aromatic rings. The van der Waals surface area contributed by atoms with Crippen LogP contribution in [0.5, 0.6) is 0 Å². The number of rotatable bonds is 5. The molecule has 1 aliphatic rings. The Bertz CT molecular complexity index is 326. The van der Waals surface area contributed by atoms with Gasteiger partial charge < -0.3 is 10.1 Å². The summed E-state index contributed by atoms with van der Waals surface area (Å²) in [6.45, 7) is 6.66. The maximum atomic E-state index is 5.39. The molecule has 1 aromatic heterocycles. The van der Waals surface area contributed by atoms with Crippen molar-refractivity contribution in [2.45, 2.75) is 45.3 Å². The van der Waals surface area contributed by atoms with Crippen LogP contribution in [-0.4, -0.2) is 40.1 Å². The zero-order valence-electron chi connectivity index (χ0n) is 10.0. The maximum Gasteiger partial charge on any atom is 0.138 e. The van der Waals surface area contributed by atoms with Gasteiger partial charge in [-0.05, 0) is 20.3 Å². The van der Waals surface area contributed by atoms with Crippen molar-refractivity contribution in [3.63, 3.8) is 0 Å². The van der Waals surface area contributed by atoms with E-state index in [-0.39, 0.29) is 0 Å². The molecule has 0 aromatic carbocycles. The molecule has 5 heteroatoms. The van der Waals surface area contributed by atoms with Crippen molar-refractivity contribution >= 4 is 0 Å². The summed E-state index contributed by atoms with van der Waals surface area (Å²) in [5, 5.41) is 7.78. The number of nitrogens with one attached hydrogen (secondary N) is 1. The van der Waals surface area contributed by atoms with Crippen molar-refractivity contribution < 1.29 is 4.74 Å². The number of ether oxygens (including phenoxy) is 1. The Kier molecular flexibility index (Phi) is 3.90. The molecule has 0 spiro atoms. The topological polar surface area (TPSA) is 52.0 Å². The standard InChI is InChI=1S/C11H20N4O/c1-3-16-7-9(2)14-10-4-5-11-12-8-13-15(11)6-10/h8-10,14H,3-7H2,1-2H3. The Morgan fingerprint density at radius 1 is 1.69 bits per heavy atom. The van der Waals surface area contributed by atoms with Gasteiger partial charge >= 0.3 is 0 Å². The van der Waals surface area contributed by atoms with E-state index in [2.05, 4.69) is 22.3 Å². The third-order valence-corrected chi connectivity index (χ3v) is 2.90. The zero-order chi connectivity index (χ0) is 11.4. The van der Waals surface area contributed by atoms with Crippen LogP contribution >= 0.6 is 0 Å². The lowest BCUT2D eigenvalue weighted by atomic mass is 10.1. The van der Waals surface area contributed by atoms with Gasteiger partial charge in [0.2, 0.25) is 0 Å². The number of aryl methyl sites for hydroxylation is 1. The van der Waals surface area contributed by atoms with Gasteiger partial charge in [0.1, 0.15) is 12.2 Å². The van der Waals surface area contributed by atoms with Gasteiger partial charge in [0.15, 0.2) is 0 Å². The quantitative estimate of drug-likeness (QED) is 0.796. The zero-order valence-corrected chi connectivity index (χ0v) is 10.0. The predicted octanol–water partition coefficient (Wildman–Crippen LogP) is 0.607. The fourth-order valence-corrected chi connectivity index (χ4v) is 2.12. The molecule has 2 unspecified atom stereocenters. The normalized spacial score (nSPS) is 21.8. The maximum absolute atomic E-state index is 5.39. The number of hydrogen-bond acceptors (Lipinski definition) is 4. The van der Waals surface area contributed by atoms with Gasteiger partial charge in [-0.1, -0.05) is 0 Å². The summed E-state index contributed by atoms with van der Waals surface area (Å²) in [5.74, 6) is 1.11. The van der Waals surface area contributed by atoms with E-state index in [1.54, 1.807) is 6.33 Å². The molecule has 0 bridgehead atoms. The third-order valence-electron chi connectivity index (χ3n) is 2.90. The van der Waals surface area contributed by atoms with E-state index in [4.69, 9.17) is 4.74 Å². The van der Waals surface area contributed by atoms with Gasteiger partial charge in [-0.3, -0.25) is 0 Å². The van der Waals surface area contributed by atoms with Crippen molar-refractivity contribution in [3.8, 4) is 0 Å². The lowest BCUT2D eigenvalue weighted by Gasteiger charge is -2.26. The summed E-state index contributed by atoms with van der Waals surface area (Å²) in [6, 6.07) is 0.889. The van der Waals surface area contributed by atoms with E-state index in [0.29, 0.717) is 12.1 Å². The van der Waals surface area contributed by atoms with Crippen LogP contribution in [0.3, 0.4) is 0 Å². The highest BCUT2D eigenvalue weighted by Gasteiger charge is 2.20. The minimum absolute atomic E-state index is 0.398. The molecule has 0 saturated carbocycles. The van der Waals surface area contributed by atoms with Crippen molar-refractivity contribution in [2.75, 3.05) is 13.2 Å². The lowest BCUT2D eigenvalue weighted by molar-refractivity contribution is 0.120. The van der Waals surface area contributed by atoms with Crippen LogP contribution in [-0.2, 0) is 17.7 Å². The van der Waals surface area contributed by atoms with E-state index < -0.39 is 0 Å². The molecule has 0 radical (unpaired) electrons. The van der Waals surface area contributed by atoms with Gasteiger partial charge in [0.25, 0.3) is 0 Å². The molecular formula is C11H20N4O. The number of fused-ring (bicyclic) bond motifs is 1. The minimum Gasteiger partial charge on any atom is -0.380 e. The van der Waals surface area contributed by atoms with Gasteiger partial charge in [0.05, 0.1) is 13.2 Å². The lowest BCUT2D eigenvalue weighted by Crippen LogP contribution is -2.44. The summed E-state index contributed by atoms with van der Waals surface area (Å²) in [6.07, 6.45) is 3.79. The number of hydrogen-bond donors (Lipinski definition) is 1. The first-order valence-corrected chi connectivity index (χ1v) is 6.00. The van der Waals surface area contributed by atoms with Crippen LogP contribution in [0.15, 0.2) is 6.33 Å². The molecule has 1 N–H and O–H groups in total. The third kappa shape index (κ3) is 2.80. The fraction of sp³-hybridized carbons (Fsp3) is 0.818. The molecule has 0 saturated heterocycles. The summed E-state index contributed by atoms with van der Waals surface area (Å²) in [4.78, 5) is 4.22. The van der Waals surface area contributed by atoms with E-state index in [0.717, 1.165) is 38.4 Å². The Balaban J connectivity index is 1.80. The Morgan fingerprint density at radius 2 is 2.56 bits per heavy atom. The summed E-state index contributed by atoms with van der Waals surface area (Å²) < 4.78 is 7.39. The van der Waals surface area contributed by atoms with E-state index in [9.17, 15) is 0 Å². The molecule has 2 atom stereocenters. The molecule has 0 amide bonds. The van der Waals surface area contributed by atoms with Crippen LogP contribution in [0.2, 0.25) is 0 Å². The smallest absolute Gasteiger partial charge is 0.138 e. The second-order valence-electron chi connectivity index (χ2n) is 4.32. The molecule has 0 aliphatic carbocycles. The van der Waals surface area contributed by atoms with E-state index in [1.807, 2.05) is 11.6 Å². The molecule has 2 rings (SSSR count). The van der Waals surface area contributed by atoms with E-state index in [1.165, 1.54) is 0 Å². The highest BCUT2D eigenvalue weighted by Crippen LogP contribution is 2.11. The first kappa shape index (κ1) is 11.5. The molecule has 16 heavy (non-hydrogen) atoms. The monoisotopic (exact) mass is 224 g/mol. The first-order valence-electron chi connectivity index (χ1n) is 6.00. The average Bonchev–Trinajstić information content (AvgIpc) is 2.73. The molecule has 1 aliphatic heterocycles. The molecule has 5 nitrogen and oxygen atoms in total. The van der Waals surface area contributed by atoms with Crippen molar-refractivity contribution in [1.82, 2.24) is 20.1 Å². The average molecular weight is 224 g/mol. The summed E-state index contributed by atoms with van der Waals surface area (Å²) in [7, 11) is 0. The van der Waals surface area contributed by atoms with Crippen molar-refractivity contribution in [1.29, 1.82) is 0 Å². The highest BCUT2D eigenvalue weighted by atomic mass is 16.5. The fourth-order valence-electron chi connectivity index (χ4n) is 2.12. The van der Waals surface area contributed by atoms with E-state index >= 15 is 0 Å². The van der Waals surface area contributed by atoms with Gasteiger partial charge in [-0.25, -0.2) is 9.67 Å². The van der Waals surface area contributed by atoms with Crippen molar-refractivity contribution in [3.05, 3.63) is 12.2 Å². The molecule has 90 valence electrons. The van der Waals surface area contributed by atoms with Crippen molar-refractivity contribution in [2.24, 2.45) is 0 Å². The Labute approximate surface area is 96.2 Å². The first-order chi connectivity index (χ1) is 7.79. The Morgan fingerprint density at radius 3 is 3.38 bits per heavy atom. The van der Waals surface area contributed by atoms with Crippen LogP contribution in [0.25, 0.3) is 0 Å². The summed E-state index contributed by atoms with van der Waals surface area (Å²) >= 11 is 0. The molecule has 2 heterocycles. The number of aromatic nitrogens is 3. The van der Waals surface area contributed by atoms with Gasteiger partial charge in [-0.15, -0.1) is 0 Å². The largest absolute Gasteiger partial charge is 0.380 e. The van der Waals surface area contributed by atoms with Crippen LogP contribution in [0.4, 0.5) is 0 Å². The SMILES string of the molecule is CCOCC(C)NC1CCc2ncnn2C1. The number of nitrogens with zero attached hydrogens (tertiary/aromatic N) is 3. The molecular weight excluding hydrogens is 204 g/mol. The van der Waals surface area contributed by atoms with Crippen LogP contribution in [0, 0.1) is 0 Å². The molecule has 0 fully saturated rings. The highest BCUT2D eigenvalue weighted by molar-refractivity contribution is 4.92. The van der Waals surface area contributed by atoms with Crippen LogP contribution < -0.4 is 5.32 Å².